The molecule has 1 atom stereocenters. The number of aromatic nitrogens is 1. The lowest BCUT2D eigenvalue weighted by Gasteiger charge is -2.11. The van der Waals surface area contributed by atoms with Gasteiger partial charge in [-0.2, -0.15) is 0 Å². The van der Waals surface area contributed by atoms with E-state index in [2.05, 4.69) is 10.3 Å². The van der Waals surface area contributed by atoms with Gasteiger partial charge in [-0.15, -0.1) is 0 Å². The van der Waals surface area contributed by atoms with Crippen molar-refractivity contribution in [1.29, 1.82) is 0 Å². The Kier molecular flexibility index (Phi) is 6.30. The van der Waals surface area contributed by atoms with Crippen molar-refractivity contribution in [2.75, 3.05) is 19.5 Å². The van der Waals surface area contributed by atoms with Crippen molar-refractivity contribution >= 4 is 29.3 Å². The number of hydrogen-bond donors (Lipinski definition) is 1. The largest absolute Gasteiger partial charge is 0.431 e. The van der Waals surface area contributed by atoms with Crippen LogP contribution in [0.1, 0.15) is 6.92 Å². The molecular weight excluding hydrogens is 324 g/mol. The molecule has 1 aromatic carbocycles. The molecule has 1 heterocycles. The van der Waals surface area contributed by atoms with Crippen LogP contribution in [0.5, 0.6) is 0 Å². The van der Waals surface area contributed by atoms with Crippen molar-refractivity contribution in [3.63, 3.8) is 0 Å². The molecule has 2 aromatic rings. The van der Waals surface area contributed by atoms with Gasteiger partial charge in [0.25, 0.3) is 5.22 Å². The number of ether oxygens (including phenoxy) is 1. The smallest absolute Gasteiger partial charge is 0.256 e. The molecule has 1 N–H and O–H groups in total. The fourth-order valence-electron chi connectivity index (χ4n) is 1.81. The number of nitrogens with zero attached hydrogens (tertiary/aromatic N) is 1. The molecule has 0 aliphatic heterocycles. The second kappa shape index (κ2) is 8.22. The highest BCUT2D eigenvalue weighted by molar-refractivity contribution is 7.99. The molecular formula is C15H17ClN2O3S. The number of carbonyl (C=O) groups is 1. The second-order valence-corrected chi connectivity index (χ2v) is 6.07. The standard InChI is InChI=1S/C15H17ClN2O3S/c1-10(8-20-2)18-14(19)9-22-15-17-7-13(21-15)11-3-5-12(16)6-4-11/h3-7,10H,8-9H2,1-2H3,(H,18,19). The van der Waals surface area contributed by atoms with Gasteiger partial charge < -0.3 is 14.5 Å². The van der Waals surface area contributed by atoms with Crippen LogP contribution in [0, 0.1) is 0 Å². The quantitative estimate of drug-likeness (QED) is 0.784. The van der Waals surface area contributed by atoms with E-state index in [4.69, 9.17) is 20.8 Å². The molecule has 22 heavy (non-hydrogen) atoms. The molecule has 0 aliphatic rings. The molecule has 0 bridgehead atoms. The van der Waals surface area contributed by atoms with Crippen LogP contribution in [0.3, 0.4) is 0 Å². The van der Waals surface area contributed by atoms with E-state index in [0.717, 1.165) is 5.56 Å². The Hall–Kier alpha value is -1.50. The maximum absolute atomic E-state index is 11.7. The topological polar surface area (TPSA) is 64.4 Å². The SMILES string of the molecule is COCC(C)NC(=O)CSc1ncc(-c2ccc(Cl)cc2)o1. The normalized spacial score (nSPS) is 12.1. The number of hydrogen-bond acceptors (Lipinski definition) is 5. The number of oxazole rings is 1. The van der Waals surface area contributed by atoms with Crippen LogP contribution in [0.4, 0.5) is 0 Å². The lowest BCUT2D eigenvalue weighted by atomic mass is 10.2. The van der Waals surface area contributed by atoms with Crippen molar-refractivity contribution in [1.82, 2.24) is 10.3 Å². The average Bonchev–Trinajstić information content (AvgIpc) is 2.95. The summed E-state index contributed by atoms with van der Waals surface area (Å²) in [5, 5.41) is 3.95. The molecule has 0 saturated heterocycles. The van der Waals surface area contributed by atoms with Gasteiger partial charge in [-0.25, -0.2) is 4.98 Å². The molecule has 0 spiro atoms. The van der Waals surface area contributed by atoms with Crippen LogP contribution in [0.25, 0.3) is 11.3 Å². The Bertz CT molecular complexity index is 616. The monoisotopic (exact) mass is 340 g/mol. The molecule has 0 saturated carbocycles. The van der Waals surface area contributed by atoms with E-state index in [-0.39, 0.29) is 17.7 Å². The first-order valence-electron chi connectivity index (χ1n) is 6.71. The summed E-state index contributed by atoms with van der Waals surface area (Å²) in [6, 6.07) is 7.27. The van der Waals surface area contributed by atoms with Gasteiger partial charge in [0.1, 0.15) is 0 Å². The summed E-state index contributed by atoms with van der Waals surface area (Å²) in [7, 11) is 1.60. The van der Waals surface area contributed by atoms with Gasteiger partial charge in [-0.3, -0.25) is 4.79 Å². The summed E-state index contributed by atoms with van der Waals surface area (Å²) in [4.78, 5) is 15.9. The summed E-state index contributed by atoms with van der Waals surface area (Å²) in [6.07, 6.45) is 1.64. The Balaban J connectivity index is 1.87. The van der Waals surface area contributed by atoms with Gasteiger partial charge in [0.05, 0.1) is 18.6 Å². The molecule has 1 aromatic heterocycles. The highest BCUT2D eigenvalue weighted by Gasteiger charge is 2.11. The highest BCUT2D eigenvalue weighted by atomic mass is 35.5. The van der Waals surface area contributed by atoms with E-state index in [9.17, 15) is 4.79 Å². The van der Waals surface area contributed by atoms with Gasteiger partial charge >= 0.3 is 0 Å². The predicted octanol–water partition coefficient (Wildman–Crippen LogP) is 3.24. The molecule has 1 unspecified atom stereocenters. The zero-order valence-corrected chi connectivity index (χ0v) is 13.9. The summed E-state index contributed by atoms with van der Waals surface area (Å²) < 4.78 is 10.6. The van der Waals surface area contributed by atoms with Crippen molar-refractivity contribution in [2.45, 2.75) is 18.2 Å². The summed E-state index contributed by atoms with van der Waals surface area (Å²) >= 11 is 7.10. The van der Waals surface area contributed by atoms with Crippen LogP contribution in [0.15, 0.2) is 40.1 Å². The first-order valence-corrected chi connectivity index (χ1v) is 8.07. The van der Waals surface area contributed by atoms with Gasteiger partial charge in [0, 0.05) is 23.7 Å². The lowest BCUT2D eigenvalue weighted by Crippen LogP contribution is -2.36. The zero-order valence-electron chi connectivity index (χ0n) is 12.3. The number of benzene rings is 1. The van der Waals surface area contributed by atoms with Gasteiger partial charge in [-0.1, -0.05) is 23.4 Å². The Labute approximate surface area is 138 Å². The van der Waals surface area contributed by atoms with Gasteiger partial charge in [0.15, 0.2) is 5.76 Å². The van der Waals surface area contributed by atoms with E-state index < -0.39 is 0 Å². The summed E-state index contributed by atoms with van der Waals surface area (Å²) in [5.74, 6) is 0.808. The number of halogens is 1. The zero-order chi connectivity index (χ0) is 15.9. The van der Waals surface area contributed by atoms with E-state index in [1.54, 1.807) is 25.4 Å². The number of carbonyl (C=O) groups excluding carboxylic acids is 1. The summed E-state index contributed by atoms with van der Waals surface area (Å²) in [6.45, 7) is 2.37. The van der Waals surface area contributed by atoms with Crippen molar-refractivity contribution < 1.29 is 13.9 Å². The van der Waals surface area contributed by atoms with Crippen LogP contribution in [0.2, 0.25) is 5.02 Å². The van der Waals surface area contributed by atoms with Crippen LogP contribution in [-0.2, 0) is 9.53 Å². The Morgan fingerprint density at radius 2 is 2.18 bits per heavy atom. The van der Waals surface area contributed by atoms with Gasteiger partial charge in [0.2, 0.25) is 5.91 Å². The highest BCUT2D eigenvalue weighted by Crippen LogP contribution is 2.26. The number of nitrogens with one attached hydrogen (secondary N) is 1. The maximum atomic E-state index is 11.7. The van der Waals surface area contributed by atoms with Crippen molar-refractivity contribution in [2.24, 2.45) is 0 Å². The molecule has 7 heteroatoms. The third-order valence-electron chi connectivity index (χ3n) is 2.76. The van der Waals surface area contributed by atoms with E-state index in [1.165, 1.54) is 11.8 Å². The predicted molar refractivity (Wildman–Crippen MR) is 87.2 cm³/mol. The Morgan fingerprint density at radius 1 is 1.45 bits per heavy atom. The third kappa shape index (κ3) is 5.05. The minimum absolute atomic E-state index is 0.0210. The Morgan fingerprint density at radius 3 is 2.86 bits per heavy atom. The summed E-state index contributed by atoms with van der Waals surface area (Å²) in [5.41, 5.74) is 0.891. The first kappa shape index (κ1) is 16.9. The van der Waals surface area contributed by atoms with E-state index in [0.29, 0.717) is 22.6 Å². The average molecular weight is 341 g/mol. The fraction of sp³-hybridized carbons (Fsp3) is 0.333. The molecule has 0 radical (unpaired) electrons. The van der Waals surface area contributed by atoms with Crippen LogP contribution in [-0.4, -0.2) is 36.4 Å². The lowest BCUT2D eigenvalue weighted by molar-refractivity contribution is -0.119. The molecule has 1 amide bonds. The number of methoxy groups -OCH3 is 1. The van der Waals surface area contributed by atoms with E-state index in [1.807, 2.05) is 19.1 Å². The minimum atomic E-state index is -0.0826. The second-order valence-electron chi connectivity index (χ2n) is 4.71. The van der Waals surface area contributed by atoms with Crippen LogP contribution < -0.4 is 5.32 Å². The molecule has 0 aliphatic carbocycles. The third-order valence-corrected chi connectivity index (χ3v) is 3.86. The molecule has 5 nitrogen and oxygen atoms in total. The fourth-order valence-corrected chi connectivity index (χ4v) is 2.55. The first-order chi connectivity index (χ1) is 10.6. The number of thioether (sulfide) groups is 1. The molecule has 2 rings (SSSR count). The minimum Gasteiger partial charge on any atom is -0.431 e. The van der Waals surface area contributed by atoms with Crippen molar-refractivity contribution in [3.05, 3.63) is 35.5 Å². The van der Waals surface area contributed by atoms with Gasteiger partial charge in [-0.05, 0) is 31.2 Å². The number of amides is 1. The van der Waals surface area contributed by atoms with Crippen molar-refractivity contribution in [3.8, 4) is 11.3 Å². The van der Waals surface area contributed by atoms with E-state index >= 15 is 0 Å². The maximum Gasteiger partial charge on any atom is 0.256 e. The van der Waals surface area contributed by atoms with Crippen LogP contribution >= 0.6 is 23.4 Å². The number of rotatable bonds is 7. The molecule has 118 valence electrons. The molecule has 0 fully saturated rings.